The summed E-state index contributed by atoms with van der Waals surface area (Å²) in [6, 6.07) is 57.9. The Balaban J connectivity index is 0.000000151. The first kappa shape index (κ1) is 70.5. The quantitative estimate of drug-likeness (QED) is 0.116. The second-order valence-electron chi connectivity index (χ2n) is 21.2. The molecule has 0 aliphatic carbocycles. The SMILES string of the molecule is FC(F)(F)c1c[c-]c(N2[CH-]N(c3ccccc3)c3c(-c4ccccc4)nc(C(F)(F)F)nc32)cc1.FC(F)(F)c1c[c-]c(N2[CH-]N(c3ccccc3)c3c(-c4ccccc4)nc(C(F)(F)F)nc32)cc1.FC(F)(F)c1c[c-]c(N2[CH-]Nc3c(-c4ccccc4)nc(C(F)(F)F)nc32)cc1.[Ir]. The Bertz CT molecular complexity index is 4440. The number of fused-ring (bicyclic) bond motifs is 3. The van der Waals surface area contributed by atoms with Crippen molar-refractivity contribution < 1.29 is 99.1 Å². The first-order chi connectivity index (χ1) is 46.9. The molecule has 0 saturated carbocycles. The van der Waals surface area contributed by atoms with E-state index < -0.39 is 71.2 Å². The van der Waals surface area contributed by atoms with Crippen LogP contribution in [0, 0.1) is 38.2 Å². The third-order valence-corrected chi connectivity index (χ3v) is 14.7. The van der Waals surface area contributed by atoms with Crippen LogP contribution < -0.4 is 29.8 Å². The summed E-state index contributed by atoms with van der Waals surface area (Å²) in [5.74, 6) is -4.49. The summed E-state index contributed by atoms with van der Waals surface area (Å²) in [4.78, 5) is 29.5. The predicted molar refractivity (Wildman–Crippen MR) is 328 cm³/mol. The van der Waals surface area contributed by atoms with Crippen LogP contribution in [0.25, 0.3) is 33.8 Å². The van der Waals surface area contributed by atoms with Gasteiger partial charge in [-0.05, 0) is 24.3 Å². The van der Waals surface area contributed by atoms with Crippen molar-refractivity contribution in [1.82, 2.24) is 29.9 Å². The number of benzene rings is 8. The number of hydrogen-bond donors (Lipinski definition) is 1. The summed E-state index contributed by atoms with van der Waals surface area (Å²) in [5.41, 5.74) is 0.748. The van der Waals surface area contributed by atoms with E-state index in [9.17, 15) is 79.0 Å². The van der Waals surface area contributed by atoms with Gasteiger partial charge in [0.25, 0.3) is 0 Å². The van der Waals surface area contributed by atoms with Crippen molar-refractivity contribution in [2.75, 3.05) is 29.8 Å². The third kappa shape index (κ3) is 14.9. The molecule has 0 saturated heterocycles. The maximum absolute atomic E-state index is 13.8. The molecule has 3 aromatic heterocycles. The van der Waals surface area contributed by atoms with Gasteiger partial charge in [0.05, 0.1) is 34.1 Å². The van der Waals surface area contributed by atoms with Crippen LogP contribution in [0.1, 0.15) is 34.2 Å². The van der Waals surface area contributed by atoms with E-state index in [-0.39, 0.29) is 88.8 Å². The van der Waals surface area contributed by atoms with Crippen molar-refractivity contribution in [2.45, 2.75) is 37.1 Å². The van der Waals surface area contributed by atoms with Gasteiger partial charge in [-0.3, -0.25) is 0 Å². The maximum Gasteiger partial charge on any atom is 0.451 e. The average Bonchev–Trinajstić information content (AvgIpc) is 1.59. The van der Waals surface area contributed by atoms with E-state index in [1.807, 2.05) is 0 Å². The Kier molecular flexibility index (Phi) is 19.4. The molecule has 3 aliphatic heterocycles. The van der Waals surface area contributed by atoms with Crippen molar-refractivity contribution in [1.29, 1.82) is 0 Å². The van der Waals surface area contributed by atoms with E-state index in [0.717, 1.165) is 54.6 Å². The number of nitrogens with zero attached hydrogens (tertiary/aromatic N) is 11. The zero-order valence-electron chi connectivity index (χ0n) is 49.9. The summed E-state index contributed by atoms with van der Waals surface area (Å²) < 4.78 is 239. The van der Waals surface area contributed by atoms with Crippen LogP contribution in [-0.4, -0.2) is 29.9 Å². The number of aromatic nitrogens is 6. The Morgan fingerprint density at radius 1 is 0.300 bits per heavy atom. The first-order valence-corrected chi connectivity index (χ1v) is 28.7. The molecule has 11 aromatic rings. The fourth-order valence-corrected chi connectivity index (χ4v) is 10.2. The average molecular weight is 1570 g/mol. The van der Waals surface area contributed by atoms with Gasteiger partial charge in [-0.1, -0.05) is 144 Å². The molecule has 3 aliphatic rings. The zero-order valence-corrected chi connectivity index (χ0v) is 52.3. The zero-order chi connectivity index (χ0) is 70.4. The van der Waals surface area contributed by atoms with E-state index in [2.05, 4.69) is 53.4 Å². The number of para-hydroxylation sites is 2. The number of rotatable bonds is 8. The van der Waals surface area contributed by atoms with Gasteiger partial charge in [0.15, 0.2) is 0 Å². The molecule has 100 heavy (non-hydrogen) atoms. The molecule has 0 bridgehead atoms. The molecule has 6 heterocycles. The van der Waals surface area contributed by atoms with E-state index in [0.29, 0.717) is 28.1 Å². The van der Waals surface area contributed by atoms with Crippen LogP contribution in [0.2, 0.25) is 0 Å². The minimum Gasteiger partial charge on any atom is -0.511 e. The van der Waals surface area contributed by atoms with Gasteiger partial charge in [-0.2, -0.15) is 140 Å². The second-order valence-corrected chi connectivity index (χ2v) is 21.2. The van der Waals surface area contributed by atoms with Crippen molar-refractivity contribution >= 4 is 63.0 Å². The van der Waals surface area contributed by atoms with Crippen LogP contribution in [0.4, 0.5) is 142 Å². The number of anilines is 11. The number of hydrogen-bond acceptors (Lipinski definition) is 12. The van der Waals surface area contributed by atoms with Gasteiger partial charge in [0.2, 0.25) is 17.5 Å². The maximum atomic E-state index is 13.8. The van der Waals surface area contributed by atoms with Crippen LogP contribution in [0.3, 0.4) is 0 Å². The summed E-state index contributed by atoms with van der Waals surface area (Å²) in [5, 5.41) is 2.81. The molecule has 1 radical (unpaired) electrons. The van der Waals surface area contributed by atoms with Crippen LogP contribution in [0.15, 0.2) is 206 Å². The van der Waals surface area contributed by atoms with E-state index in [1.165, 1.54) is 34.7 Å². The van der Waals surface area contributed by atoms with Crippen molar-refractivity contribution in [3.63, 3.8) is 0 Å². The summed E-state index contributed by atoms with van der Waals surface area (Å²) >= 11 is 0. The van der Waals surface area contributed by atoms with Crippen molar-refractivity contribution in [3.05, 3.63) is 279 Å². The van der Waals surface area contributed by atoms with Crippen molar-refractivity contribution in [3.8, 4) is 33.8 Å². The fraction of sp³-hybridized carbons (Fsp3) is 0.0870. The molecular formula is C69H38F18IrN12-6. The summed E-state index contributed by atoms with van der Waals surface area (Å²) in [7, 11) is 0. The molecule has 0 amide bonds. The molecule has 515 valence electrons. The van der Waals surface area contributed by atoms with E-state index >= 15 is 0 Å². The van der Waals surface area contributed by atoms with Gasteiger partial charge in [-0.25, -0.2) is 29.9 Å². The summed E-state index contributed by atoms with van der Waals surface area (Å²) in [6.07, 6.45) is -28.2. The smallest absolute Gasteiger partial charge is 0.451 e. The standard InChI is InChI=1S/2C25H14F6N4.C19H10F6N4.Ir/c2*26-24(27,28)17-11-13-19(14-12-17)35-15-34(18-9-5-2-6-10-18)21-20(16-7-3-1-4-8-16)32-23(25(29,30)31)33-22(21)35;20-18(21,22)12-6-8-13(9-7-12)29-10-26-15-14(11-4-2-1-3-5-11)27-17(19(23,24)25)28-16(15)29;/h2*1-13,15H;1-8,10,26H;/q3*-2;. The molecule has 0 atom stereocenters. The van der Waals surface area contributed by atoms with Gasteiger partial charge in [0, 0.05) is 48.2 Å². The normalized spacial score (nSPS) is 13.7. The molecular weight excluding hydrogens is 1530 g/mol. The molecule has 8 aromatic carbocycles. The molecule has 31 heteroatoms. The largest absolute Gasteiger partial charge is 0.511 e. The first-order valence-electron chi connectivity index (χ1n) is 28.7. The van der Waals surface area contributed by atoms with Crippen LogP contribution in [0.5, 0.6) is 0 Å². The minimum atomic E-state index is -4.85. The second kappa shape index (κ2) is 27.5. The Morgan fingerprint density at radius 3 is 0.890 bits per heavy atom. The Morgan fingerprint density at radius 2 is 0.590 bits per heavy atom. The fourth-order valence-electron chi connectivity index (χ4n) is 10.2. The third-order valence-electron chi connectivity index (χ3n) is 14.7. The molecule has 0 spiro atoms. The monoisotopic (exact) mass is 1570 g/mol. The van der Waals surface area contributed by atoms with Gasteiger partial charge >= 0.3 is 37.1 Å². The summed E-state index contributed by atoms with van der Waals surface area (Å²) in [6.45, 7) is 4.21. The molecule has 1 N–H and O–H groups in total. The Labute approximate surface area is 568 Å². The van der Waals surface area contributed by atoms with Crippen molar-refractivity contribution in [2.24, 2.45) is 0 Å². The van der Waals surface area contributed by atoms with E-state index in [4.69, 9.17) is 0 Å². The van der Waals surface area contributed by atoms with Crippen LogP contribution >= 0.6 is 0 Å². The van der Waals surface area contributed by atoms with Gasteiger partial charge < -0.3 is 29.8 Å². The Hall–Kier alpha value is -10.8. The molecule has 0 fully saturated rings. The topological polar surface area (TPSA) is 106 Å². The van der Waals surface area contributed by atoms with Crippen LogP contribution in [-0.2, 0) is 57.2 Å². The van der Waals surface area contributed by atoms with E-state index in [1.54, 1.807) is 161 Å². The van der Waals surface area contributed by atoms with Gasteiger partial charge in [-0.15, -0.1) is 48.6 Å². The number of halogens is 18. The molecule has 12 nitrogen and oxygen atoms in total. The minimum absolute atomic E-state index is 0. The number of nitrogens with one attached hydrogen (secondary N) is 1. The van der Waals surface area contributed by atoms with Gasteiger partial charge in [0.1, 0.15) is 17.5 Å². The molecule has 14 rings (SSSR count). The predicted octanol–water partition coefficient (Wildman–Crippen LogP) is 20.4. The molecule has 0 unspecified atom stereocenters. The number of alkyl halides is 18.